The number of hydrogen-bond donors (Lipinski definition) is 0. The number of alkyl halides is 3. The summed E-state index contributed by atoms with van der Waals surface area (Å²) in [5.41, 5.74) is -0.717. The first-order valence-corrected chi connectivity index (χ1v) is 6.26. The van der Waals surface area contributed by atoms with Crippen molar-refractivity contribution < 1.29 is 22.4 Å². The third kappa shape index (κ3) is 3.29. The van der Waals surface area contributed by atoms with Gasteiger partial charge in [-0.05, 0) is 17.7 Å². The van der Waals surface area contributed by atoms with Crippen molar-refractivity contribution in [2.24, 2.45) is 0 Å². The van der Waals surface area contributed by atoms with Crippen molar-refractivity contribution in [1.82, 2.24) is 0 Å². The lowest BCUT2D eigenvalue weighted by molar-refractivity contribution is -0.140. The summed E-state index contributed by atoms with van der Waals surface area (Å²) >= 11 is 0. The van der Waals surface area contributed by atoms with Crippen molar-refractivity contribution in [2.75, 3.05) is 0 Å². The van der Waals surface area contributed by atoms with Gasteiger partial charge in [0.2, 0.25) is 0 Å². The van der Waals surface area contributed by atoms with Gasteiger partial charge in [-0.25, -0.2) is 4.39 Å². The summed E-state index contributed by atoms with van der Waals surface area (Å²) in [4.78, 5) is 12.2. The minimum atomic E-state index is -4.77. The fourth-order valence-corrected chi connectivity index (χ4v) is 2.04. The molecule has 0 amide bonds. The molecule has 0 fully saturated rings. The number of halogens is 4. The van der Waals surface area contributed by atoms with Gasteiger partial charge >= 0.3 is 6.18 Å². The van der Waals surface area contributed by atoms with Gasteiger partial charge in [0.1, 0.15) is 5.82 Å². The van der Waals surface area contributed by atoms with Gasteiger partial charge in [0.05, 0.1) is 5.56 Å². The summed E-state index contributed by atoms with van der Waals surface area (Å²) in [6.45, 7) is 1.63. The molecule has 2 aromatic carbocycles. The van der Waals surface area contributed by atoms with Gasteiger partial charge in [0.15, 0.2) is 5.78 Å². The molecule has 110 valence electrons. The highest BCUT2D eigenvalue weighted by atomic mass is 19.4. The molecule has 5 heteroatoms. The van der Waals surface area contributed by atoms with Crippen molar-refractivity contribution in [3.05, 3.63) is 71.0 Å². The average Bonchev–Trinajstić information content (AvgIpc) is 2.45. The maximum Gasteiger partial charge on any atom is 0.419 e. The first-order valence-electron chi connectivity index (χ1n) is 6.26. The van der Waals surface area contributed by atoms with E-state index in [0.717, 1.165) is 11.6 Å². The van der Waals surface area contributed by atoms with E-state index < -0.39 is 29.3 Å². The van der Waals surface area contributed by atoms with Crippen molar-refractivity contribution >= 4 is 5.78 Å². The van der Waals surface area contributed by atoms with Crippen LogP contribution < -0.4 is 0 Å². The third-order valence-corrected chi connectivity index (χ3v) is 3.25. The van der Waals surface area contributed by atoms with Crippen molar-refractivity contribution in [2.45, 2.75) is 19.0 Å². The first kappa shape index (κ1) is 15.2. The van der Waals surface area contributed by atoms with E-state index in [1.165, 1.54) is 0 Å². The lowest BCUT2D eigenvalue weighted by Gasteiger charge is -2.13. The first-order chi connectivity index (χ1) is 9.80. The van der Waals surface area contributed by atoms with Crippen LogP contribution >= 0.6 is 0 Å². The monoisotopic (exact) mass is 296 g/mol. The second kappa shape index (κ2) is 5.68. The van der Waals surface area contributed by atoms with Crippen LogP contribution in [-0.4, -0.2) is 5.78 Å². The molecule has 0 aliphatic heterocycles. The summed E-state index contributed by atoms with van der Waals surface area (Å²) in [5.74, 6) is -2.41. The second-order valence-electron chi connectivity index (χ2n) is 4.69. The zero-order valence-corrected chi connectivity index (χ0v) is 11.1. The molecule has 1 unspecified atom stereocenters. The lowest BCUT2D eigenvalue weighted by atomic mass is 9.92. The molecule has 0 aliphatic carbocycles. The van der Waals surface area contributed by atoms with Crippen LogP contribution in [0.2, 0.25) is 0 Å². The highest BCUT2D eigenvalue weighted by Crippen LogP contribution is 2.32. The molecule has 0 saturated heterocycles. The number of Topliss-reactive ketones (excluding diaryl/α,β-unsaturated/α-hetero) is 1. The number of ketones is 1. The molecule has 0 aliphatic rings. The molecule has 0 radical (unpaired) electrons. The second-order valence-corrected chi connectivity index (χ2v) is 4.69. The van der Waals surface area contributed by atoms with Crippen LogP contribution in [0.3, 0.4) is 0 Å². The van der Waals surface area contributed by atoms with Gasteiger partial charge in [-0.2, -0.15) is 13.2 Å². The SMILES string of the molecule is CC(C(=O)c1ccc(C(F)(F)F)c(F)c1)c1ccccc1. The zero-order chi connectivity index (χ0) is 15.6. The van der Waals surface area contributed by atoms with Gasteiger partial charge < -0.3 is 0 Å². The number of carbonyl (C=O) groups is 1. The van der Waals surface area contributed by atoms with Crippen LogP contribution in [0.1, 0.15) is 34.3 Å². The van der Waals surface area contributed by atoms with E-state index in [1.807, 2.05) is 0 Å². The summed E-state index contributed by atoms with van der Waals surface area (Å²) in [5, 5.41) is 0. The van der Waals surface area contributed by atoms with Crippen molar-refractivity contribution in [1.29, 1.82) is 0 Å². The fourth-order valence-electron chi connectivity index (χ4n) is 2.04. The molecule has 1 nitrogen and oxygen atoms in total. The van der Waals surface area contributed by atoms with Crippen molar-refractivity contribution in [3.63, 3.8) is 0 Å². The normalized spacial score (nSPS) is 13.0. The highest BCUT2D eigenvalue weighted by Gasteiger charge is 2.34. The highest BCUT2D eigenvalue weighted by molar-refractivity contribution is 6.00. The Morgan fingerprint density at radius 2 is 1.67 bits per heavy atom. The van der Waals surface area contributed by atoms with Crippen LogP contribution in [0.25, 0.3) is 0 Å². The standard InChI is InChI=1S/C16H12F4O/c1-10(11-5-3-2-4-6-11)15(21)12-7-8-13(14(17)9-12)16(18,19)20/h2-10H,1H3. The van der Waals surface area contributed by atoms with Gasteiger partial charge in [-0.1, -0.05) is 43.3 Å². The molecule has 0 aromatic heterocycles. The van der Waals surface area contributed by atoms with Crippen LogP contribution in [0.4, 0.5) is 17.6 Å². The Hall–Kier alpha value is -2.17. The Kier molecular flexibility index (Phi) is 4.11. The van der Waals surface area contributed by atoms with E-state index in [1.54, 1.807) is 37.3 Å². The maximum absolute atomic E-state index is 13.5. The van der Waals surface area contributed by atoms with E-state index in [9.17, 15) is 22.4 Å². The average molecular weight is 296 g/mol. The van der Waals surface area contributed by atoms with Crippen LogP contribution in [0.5, 0.6) is 0 Å². The number of hydrogen-bond acceptors (Lipinski definition) is 1. The largest absolute Gasteiger partial charge is 0.419 e. The molecular formula is C16H12F4O. The molecule has 1 atom stereocenters. The van der Waals surface area contributed by atoms with Gasteiger partial charge in [-0.3, -0.25) is 4.79 Å². The number of carbonyl (C=O) groups excluding carboxylic acids is 1. The molecule has 0 heterocycles. The maximum atomic E-state index is 13.5. The molecule has 0 spiro atoms. The summed E-state index contributed by atoms with van der Waals surface area (Å²) in [6, 6.07) is 11.0. The van der Waals surface area contributed by atoms with Crippen LogP contribution in [0.15, 0.2) is 48.5 Å². The Bertz CT molecular complexity index is 647. The minimum Gasteiger partial charge on any atom is -0.294 e. The Balaban J connectivity index is 2.31. The third-order valence-electron chi connectivity index (χ3n) is 3.25. The Morgan fingerprint density at radius 3 is 2.19 bits per heavy atom. The minimum absolute atomic E-state index is 0.0724. The molecule has 21 heavy (non-hydrogen) atoms. The molecule has 2 rings (SSSR count). The predicted octanol–water partition coefficient (Wildman–Crippen LogP) is 4.83. The summed E-state index contributed by atoms with van der Waals surface area (Å²) < 4.78 is 50.9. The van der Waals surface area contributed by atoms with Crippen LogP contribution in [-0.2, 0) is 6.18 Å². The quantitative estimate of drug-likeness (QED) is 0.585. The number of rotatable bonds is 3. The molecule has 2 aromatic rings. The molecular weight excluding hydrogens is 284 g/mol. The van der Waals surface area contributed by atoms with Crippen LogP contribution in [0, 0.1) is 5.82 Å². The van der Waals surface area contributed by atoms with E-state index >= 15 is 0 Å². The summed E-state index contributed by atoms with van der Waals surface area (Å²) in [7, 11) is 0. The smallest absolute Gasteiger partial charge is 0.294 e. The van der Waals surface area contributed by atoms with E-state index in [-0.39, 0.29) is 5.56 Å². The van der Waals surface area contributed by atoms with Gasteiger partial charge in [0, 0.05) is 11.5 Å². The van der Waals surface area contributed by atoms with Crippen molar-refractivity contribution in [3.8, 4) is 0 Å². The fraction of sp³-hybridized carbons (Fsp3) is 0.188. The number of benzene rings is 2. The van der Waals surface area contributed by atoms with E-state index in [4.69, 9.17) is 0 Å². The molecule has 0 saturated carbocycles. The molecule has 0 bridgehead atoms. The van der Waals surface area contributed by atoms with Gasteiger partial charge in [0.25, 0.3) is 0 Å². The van der Waals surface area contributed by atoms with E-state index in [0.29, 0.717) is 12.1 Å². The molecule has 0 N–H and O–H groups in total. The lowest BCUT2D eigenvalue weighted by Crippen LogP contribution is -2.13. The van der Waals surface area contributed by atoms with E-state index in [2.05, 4.69) is 0 Å². The topological polar surface area (TPSA) is 17.1 Å². The Labute approximate surface area is 119 Å². The summed E-state index contributed by atoms with van der Waals surface area (Å²) in [6.07, 6.45) is -4.77. The van der Waals surface area contributed by atoms with Gasteiger partial charge in [-0.15, -0.1) is 0 Å². The predicted molar refractivity (Wildman–Crippen MR) is 70.6 cm³/mol. The Morgan fingerprint density at radius 1 is 1.05 bits per heavy atom. The zero-order valence-electron chi connectivity index (χ0n) is 11.1.